The molecule has 0 amide bonds. The minimum Gasteiger partial charge on any atom is -0.476 e. The van der Waals surface area contributed by atoms with Gasteiger partial charge in [0.15, 0.2) is 5.69 Å². The van der Waals surface area contributed by atoms with E-state index in [1.165, 1.54) is 27.4 Å². The SMILES string of the molecule is Cc1ccn(Cc2nc(C(=O)O)cs2)c(=O)c1.Cl. The van der Waals surface area contributed by atoms with Crippen LogP contribution in [-0.4, -0.2) is 20.6 Å². The predicted molar refractivity (Wildman–Crippen MR) is 70.9 cm³/mol. The van der Waals surface area contributed by atoms with Gasteiger partial charge in [-0.1, -0.05) is 0 Å². The molecule has 0 fully saturated rings. The van der Waals surface area contributed by atoms with E-state index in [9.17, 15) is 9.59 Å². The van der Waals surface area contributed by atoms with Crippen LogP contribution >= 0.6 is 23.7 Å². The Morgan fingerprint density at radius 3 is 2.83 bits per heavy atom. The number of thiazole rings is 1. The highest BCUT2D eigenvalue weighted by molar-refractivity contribution is 7.09. The lowest BCUT2D eigenvalue weighted by Crippen LogP contribution is -2.19. The minimum atomic E-state index is -1.05. The van der Waals surface area contributed by atoms with Crippen molar-refractivity contribution >= 4 is 29.7 Å². The van der Waals surface area contributed by atoms with E-state index in [0.717, 1.165) is 5.56 Å². The van der Waals surface area contributed by atoms with Crippen LogP contribution in [0.2, 0.25) is 0 Å². The number of hydrogen-bond donors (Lipinski definition) is 1. The van der Waals surface area contributed by atoms with Gasteiger partial charge in [-0.3, -0.25) is 4.79 Å². The number of halogens is 1. The smallest absolute Gasteiger partial charge is 0.355 e. The lowest BCUT2D eigenvalue weighted by molar-refractivity contribution is 0.0691. The summed E-state index contributed by atoms with van der Waals surface area (Å²) in [7, 11) is 0. The van der Waals surface area contributed by atoms with Gasteiger partial charge >= 0.3 is 5.97 Å². The van der Waals surface area contributed by atoms with E-state index < -0.39 is 5.97 Å². The highest BCUT2D eigenvalue weighted by Crippen LogP contribution is 2.10. The molecule has 0 unspecified atom stereocenters. The Labute approximate surface area is 113 Å². The van der Waals surface area contributed by atoms with Crippen LogP contribution in [0, 0.1) is 6.92 Å². The lowest BCUT2D eigenvalue weighted by atomic mass is 10.3. The molecule has 5 nitrogen and oxygen atoms in total. The van der Waals surface area contributed by atoms with Crippen LogP contribution in [0.25, 0.3) is 0 Å². The lowest BCUT2D eigenvalue weighted by Gasteiger charge is -2.02. The maximum atomic E-state index is 11.6. The molecule has 0 spiro atoms. The van der Waals surface area contributed by atoms with Gasteiger partial charge in [-0.05, 0) is 18.6 Å². The fourth-order valence-corrected chi connectivity index (χ4v) is 2.13. The molecule has 0 aromatic carbocycles. The number of carboxylic acids is 1. The van der Waals surface area contributed by atoms with Crippen LogP contribution in [0.5, 0.6) is 0 Å². The second-order valence-corrected chi connectivity index (χ2v) is 4.54. The second-order valence-electron chi connectivity index (χ2n) is 3.60. The van der Waals surface area contributed by atoms with Crippen molar-refractivity contribution in [2.75, 3.05) is 0 Å². The average Bonchev–Trinajstić information content (AvgIpc) is 2.71. The van der Waals surface area contributed by atoms with Crippen molar-refractivity contribution < 1.29 is 9.90 Å². The van der Waals surface area contributed by atoms with Gasteiger partial charge in [0.05, 0.1) is 6.54 Å². The summed E-state index contributed by atoms with van der Waals surface area (Å²) >= 11 is 1.23. The molecular weight excluding hydrogens is 276 g/mol. The molecule has 18 heavy (non-hydrogen) atoms. The van der Waals surface area contributed by atoms with Gasteiger partial charge < -0.3 is 9.67 Å². The van der Waals surface area contributed by atoms with Crippen molar-refractivity contribution in [1.82, 2.24) is 9.55 Å². The summed E-state index contributed by atoms with van der Waals surface area (Å²) in [6, 6.07) is 3.36. The zero-order valence-electron chi connectivity index (χ0n) is 9.49. The number of pyridine rings is 1. The zero-order valence-corrected chi connectivity index (χ0v) is 11.1. The average molecular weight is 287 g/mol. The minimum absolute atomic E-state index is 0. The molecule has 2 aromatic rings. The molecule has 2 heterocycles. The molecule has 2 rings (SSSR count). The molecular formula is C11H11ClN2O3S. The van der Waals surface area contributed by atoms with Gasteiger partial charge in [-0.15, -0.1) is 23.7 Å². The predicted octanol–water partition coefficient (Wildman–Crippen LogP) is 1.78. The number of nitrogens with zero attached hydrogens (tertiary/aromatic N) is 2. The largest absolute Gasteiger partial charge is 0.476 e. The van der Waals surface area contributed by atoms with Crippen molar-refractivity contribution in [1.29, 1.82) is 0 Å². The van der Waals surface area contributed by atoms with E-state index in [-0.39, 0.29) is 23.7 Å². The van der Waals surface area contributed by atoms with Gasteiger partial charge in [-0.2, -0.15) is 0 Å². The van der Waals surface area contributed by atoms with Crippen molar-refractivity contribution in [2.24, 2.45) is 0 Å². The highest BCUT2D eigenvalue weighted by Gasteiger charge is 2.09. The van der Waals surface area contributed by atoms with E-state index in [1.54, 1.807) is 6.20 Å². The molecule has 0 saturated carbocycles. The molecule has 0 aliphatic heterocycles. The Hall–Kier alpha value is -1.66. The van der Waals surface area contributed by atoms with Crippen molar-refractivity contribution in [2.45, 2.75) is 13.5 Å². The van der Waals surface area contributed by atoms with Crippen LogP contribution in [-0.2, 0) is 6.54 Å². The molecule has 2 aromatic heterocycles. The van der Waals surface area contributed by atoms with Crippen molar-refractivity contribution in [3.63, 3.8) is 0 Å². The topological polar surface area (TPSA) is 72.2 Å². The van der Waals surface area contributed by atoms with Crippen LogP contribution in [0.3, 0.4) is 0 Å². The Balaban J connectivity index is 0.00000162. The highest BCUT2D eigenvalue weighted by atomic mass is 35.5. The summed E-state index contributed by atoms with van der Waals surface area (Å²) in [5, 5.41) is 10.8. The second kappa shape index (κ2) is 5.79. The number of aromatic nitrogens is 2. The first-order chi connectivity index (χ1) is 8.06. The third-order valence-corrected chi connectivity index (χ3v) is 3.06. The fourth-order valence-electron chi connectivity index (χ4n) is 1.36. The van der Waals surface area contributed by atoms with E-state index in [0.29, 0.717) is 11.6 Å². The van der Waals surface area contributed by atoms with Gasteiger partial charge in [0, 0.05) is 17.6 Å². The Morgan fingerprint density at radius 2 is 2.28 bits per heavy atom. The monoisotopic (exact) mass is 286 g/mol. The molecule has 1 N–H and O–H groups in total. The quantitative estimate of drug-likeness (QED) is 0.933. The molecule has 0 atom stereocenters. The first kappa shape index (κ1) is 14.4. The molecule has 7 heteroatoms. The maximum Gasteiger partial charge on any atom is 0.355 e. The third-order valence-electron chi connectivity index (χ3n) is 2.23. The van der Waals surface area contributed by atoms with Crippen LogP contribution in [0.1, 0.15) is 21.1 Å². The molecule has 0 aliphatic rings. The standard InChI is InChI=1S/C11H10N2O3S.ClH/c1-7-2-3-13(10(14)4-7)5-9-12-8(6-17-9)11(15)16;/h2-4,6H,5H2,1H3,(H,15,16);1H. The van der Waals surface area contributed by atoms with Gasteiger partial charge in [-0.25, -0.2) is 9.78 Å². The molecule has 0 aliphatic carbocycles. The number of carbonyl (C=O) groups is 1. The van der Waals surface area contributed by atoms with Crippen LogP contribution < -0.4 is 5.56 Å². The van der Waals surface area contributed by atoms with E-state index in [2.05, 4.69) is 4.98 Å². The number of aryl methyl sites for hydroxylation is 1. The first-order valence-electron chi connectivity index (χ1n) is 4.91. The number of carboxylic acid groups (broad SMARTS) is 1. The summed E-state index contributed by atoms with van der Waals surface area (Å²) in [6.45, 7) is 2.15. The van der Waals surface area contributed by atoms with Gasteiger partial charge in [0.25, 0.3) is 5.56 Å². The Bertz CT molecular complexity index is 621. The summed E-state index contributed by atoms with van der Waals surface area (Å²) in [6.07, 6.45) is 1.68. The normalized spacial score (nSPS) is 9.83. The summed E-state index contributed by atoms with van der Waals surface area (Å²) < 4.78 is 1.50. The summed E-state index contributed by atoms with van der Waals surface area (Å²) in [5.41, 5.74) is 0.804. The summed E-state index contributed by atoms with van der Waals surface area (Å²) in [5.74, 6) is -1.05. The molecule has 0 radical (unpaired) electrons. The van der Waals surface area contributed by atoms with E-state index in [1.807, 2.05) is 13.0 Å². The van der Waals surface area contributed by atoms with Crippen molar-refractivity contribution in [3.8, 4) is 0 Å². The molecule has 0 saturated heterocycles. The zero-order chi connectivity index (χ0) is 12.4. The van der Waals surface area contributed by atoms with Gasteiger partial charge in [0.1, 0.15) is 5.01 Å². The molecule has 96 valence electrons. The maximum absolute atomic E-state index is 11.6. The van der Waals surface area contributed by atoms with Crippen LogP contribution in [0.15, 0.2) is 28.5 Å². The number of rotatable bonds is 3. The third kappa shape index (κ3) is 3.18. The number of aromatic carboxylic acids is 1. The Kier molecular flexibility index (Phi) is 4.63. The molecule has 0 bridgehead atoms. The number of hydrogen-bond acceptors (Lipinski definition) is 4. The van der Waals surface area contributed by atoms with Crippen LogP contribution in [0.4, 0.5) is 0 Å². The van der Waals surface area contributed by atoms with E-state index >= 15 is 0 Å². The van der Waals surface area contributed by atoms with Gasteiger partial charge in [0.2, 0.25) is 0 Å². The summed E-state index contributed by atoms with van der Waals surface area (Å²) in [4.78, 5) is 26.2. The fraction of sp³-hybridized carbons (Fsp3) is 0.182. The van der Waals surface area contributed by atoms with E-state index in [4.69, 9.17) is 5.11 Å². The Morgan fingerprint density at radius 1 is 1.56 bits per heavy atom. The first-order valence-corrected chi connectivity index (χ1v) is 5.79. The van der Waals surface area contributed by atoms with Crippen molar-refractivity contribution in [3.05, 3.63) is 50.3 Å².